The summed E-state index contributed by atoms with van der Waals surface area (Å²) >= 11 is 0. The Morgan fingerprint density at radius 2 is 1.46 bits per heavy atom. The van der Waals surface area contributed by atoms with Crippen LogP contribution in [-0.4, -0.2) is 31.6 Å². The largest absolute Gasteiger partial charge is 0.213 e. The van der Waals surface area contributed by atoms with Crippen LogP contribution in [0.3, 0.4) is 0 Å². The highest BCUT2D eigenvalue weighted by molar-refractivity contribution is 7.89. The molecular weight excluding hydrogens is 186 g/mol. The van der Waals surface area contributed by atoms with E-state index in [0.29, 0.717) is 0 Å². The Bertz CT molecular complexity index is 228. The summed E-state index contributed by atoms with van der Waals surface area (Å²) < 4.78 is 24.7. The first-order valence-corrected chi connectivity index (χ1v) is 6.75. The number of hydrogen-bond donors (Lipinski definition) is 0. The lowest BCUT2D eigenvalue weighted by Gasteiger charge is -2.23. The molecule has 0 unspecified atom stereocenters. The van der Waals surface area contributed by atoms with E-state index in [-0.39, 0.29) is 5.75 Å². The van der Waals surface area contributed by atoms with Gasteiger partial charge in [-0.25, -0.2) is 12.7 Å². The van der Waals surface area contributed by atoms with Crippen molar-refractivity contribution >= 4 is 10.0 Å². The molecule has 3 nitrogen and oxygen atoms in total. The van der Waals surface area contributed by atoms with Crippen LogP contribution >= 0.6 is 0 Å². The Hall–Kier alpha value is -0.0900. The first-order chi connectivity index (χ1) is 6.17. The van der Waals surface area contributed by atoms with Crippen LogP contribution in [0.5, 0.6) is 0 Å². The average Bonchev–Trinajstić information content (AvgIpc) is 2.03. The highest BCUT2D eigenvalue weighted by atomic mass is 32.2. The Labute approximate surface area is 81.2 Å². The zero-order valence-electron chi connectivity index (χ0n) is 8.33. The van der Waals surface area contributed by atoms with E-state index in [9.17, 15) is 8.42 Å². The molecule has 0 N–H and O–H groups in total. The maximum atomic E-state index is 11.5. The summed E-state index contributed by atoms with van der Waals surface area (Å²) in [6, 6.07) is 0. The molecule has 4 heteroatoms. The van der Waals surface area contributed by atoms with Crippen molar-refractivity contribution < 1.29 is 8.42 Å². The Morgan fingerprint density at radius 1 is 1.00 bits per heavy atom. The molecule has 13 heavy (non-hydrogen) atoms. The number of rotatable bonds is 2. The first-order valence-electron chi connectivity index (χ1n) is 5.14. The molecule has 1 aliphatic heterocycles. The molecule has 0 atom stereocenters. The molecule has 1 fully saturated rings. The molecule has 0 bridgehead atoms. The van der Waals surface area contributed by atoms with Crippen molar-refractivity contribution in [1.82, 2.24) is 4.31 Å². The summed E-state index contributed by atoms with van der Waals surface area (Å²) in [6.07, 6.45) is 5.67. The van der Waals surface area contributed by atoms with Crippen molar-refractivity contribution in [2.24, 2.45) is 0 Å². The summed E-state index contributed by atoms with van der Waals surface area (Å²) in [5.41, 5.74) is 0. The molecule has 0 aromatic carbocycles. The minimum Gasteiger partial charge on any atom is -0.212 e. The molecule has 0 saturated carbocycles. The normalized spacial score (nSPS) is 22.2. The van der Waals surface area contributed by atoms with E-state index >= 15 is 0 Å². The van der Waals surface area contributed by atoms with Crippen molar-refractivity contribution in [2.45, 2.75) is 39.0 Å². The molecule has 0 amide bonds. The third-order valence-electron chi connectivity index (χ3n) is 2.57. The molecule has 1 saturated heterocycles. The molecule has 0 spiro atoms. The minimum absolute atomic E-state index is 0.243. The second-order valence-corrected chi connectivity index (χ2v) is 5.82. The molecule has 0 radical (unpaired) electrons. The van der Waals surface area contributed by atoms with Crippen molar-refractivity contribution in [2.75, 3.05) is 18.8 Å². The lowest BCUT2D eigenvalue weighted by atomic mass is 10.1. The molecule has 0 aliphatic carbocycles. The molecule has 78 valence electrons. The fourth-order valence-electron chi connectivity index (χ4n) is 1.68. The van der Waals surface area contributed by atoms with E-state index in [2.05, 4.69) is 0 Å². The number of hydrogen-bond acceptors (Lipinski definition) is 2. The van der Waals surface area contributed by atoms with Crippen LogP contribution < -0.4 is 0 Å². The minimum atomic E-state index is -2.93. The maximum absolute atomic E-state index is 11.5. The van der Waals surface area contributed by atoms with E-state index in [1.807, 2.05) is 0 Å². The van der Waals surface area contributed by atoms with Gasteiger partial charge in [0.15, 0.2) is 0 Å². The predicted octanol–water partition coefficient (Wildman–Crippen LogP) is 1.60. The monoisotopic (exact) mass is 205 g/mol. The summed E-state index contributed by atoms with van der Waals surface area (Å²) in [6.45, 7) is 3.18. The van der Waals surface area contributed by atoms with E-state index in [1.165, 1.54) is 19.3 Å². The zero-order chi connectivity index (χ0) is 9.73. The van der Waals surface area contributed by atoms with Gasteiger partial charge in [-0.2, -0.15) is 0 Å². The van der Waals surface area contributed by atoms with E-state index in [1.54, 1.807) is 11.2 Å². The van der Waals surface area contributed by atoms with E-state index in [0.717, 1.165) is 25.9 Å². The quantitative estimate of drug-likeness (QED) is 0.686. The standard InChI is InChI=1S/C9H19NO2S/c1-2-13(11,12)10-8-6-4-3-5-7-9-10/h2-9H2,1H3. The predicted molar refractivity (Wildman–Crippen MR) is 54.1 cm³/mol. The molecule has 1 heterocycles. The first kappa shape index (κ1) is 11.0. The fraction of sp³-hybridized carbons (Fsp3) is 1.00. The maximum Gasteiger partial charge on any atom is 0.213 e. The number of nitrogens with zero attached hydrogens (tertiary/aromatic N) is 1. The van der Waals surface area contributed by atoms with E-state index in [4.69, 9.17) is 0 Å². The van der Waals surface area contributed by atoms with Crippen LogP contribution in [0.25, 0.3) is 0 Å². The summed E-state index contributed by atoms with van der Waals surface area (Å²) in [7, 11) is -2.93. The smallest absolute Gasteiger partial charge is 0.212 e. The van der Waals surface area contributed by atoms with E-state index < -0.39 is 10.0 Å². The topological polar surface area (TPSA) is 37.4 Å². The van der Waals surface area contributed by atoms with Crippen molar-refractivity contribution in [3.63, 3.8) is 0 Å². The summed E-state index contributed by atoms with van der Waals surface area (Å²) in [5.74, 6) is 0.243. The molecule has 0 aromatic rings. The second-order valence-electron chi connectivity index (χ2n) is 3.57. The Kier molecular flexibility index (Phi) is 4.19. The SMILES string of the molecule is CCS(=O)(=O)N1CCCCCCC1. The van der Waals surface area contributed by atoms with Crippen LogP contribution in [0, 0.1) is 0 Å². The Balaban J connectivity index is 2.56. The summed E-state index contributed by atoms with van der Waals surface area (Å²) in [5, 5.41) is 0. The van der Waals surface area contributed by atoms with Crippen LogP contribution in [0.4, 0.5) is 0 Å². The van der Waals surface area contributed by atoms with Gasteiger partial charge in [0.05, 0.1) is 5.75 Å². The fourth-order valence-corrected chi connectivity index (χ4v) is 2.86. The zero-order valence-corrected chi connectivity index (χ0v) is 9.15. The van der Waals surface area contributed by atoms with Crippen LogP contribution in [0.1, 0.15) is 39.0 Å². The van der Waals surface area contributed by atoms with Crippen molar-refractivity contribution in [1.29, 1.82) is 0 Å². The van der Waals surface area contributed by atoms with Gasteiger partial charge < -0.3 is 0 Å². The van der Waals surface area contributed by atoms with Crippen LogP contribution in [0.2, 0.25) is 0 Å². The van der Waals surface area contributed by atoms with Crippen LogP contribution in [-0.2, 0) is 10.0 Å². The average molecular weight is 205 g/mol. The van der Waals surface area contributed by atoms with Gasteiger partial charge in [-0.05, 0) is 19.8 Å². The lowest BCUT2D eigenvalue weighted by Crippen LogP contribution is -2.34. The van der Waals surface area contributed by atoms with Gasteiger partial charge in [0, 0.05) is 13.1 Å². The number of sulfonamides is 1. The lowest BCUT2D eigenvalue weighted by molar-refractivity contribution is 0.365. The van der Waals surface area contributed by atoms with Gasteiger partial charge in [0.2, 0.25) is 10.0 Å². The van der Waals surface area contributed by atoms with Crippen molar-refractivity contribution in [3.8, 4) is 0 Å². The van der Waals surface area contributed by atoms with Crippen LogP contribution in [0.15, 0.2) is 0 Å². The molecule has 0 aromatic heterocycles. The van der Waals surface area contributed by atoms with Gasteiger partial charge in [-0.15, -0.1) is 0 Å². The van der Waals surface area contributed by atoms with Crippen molar-refractivity contribution in [3.05, 3.63) is 0 Å². The van der Waals surface area contributed by atoms with Gasteiger partial charge in [-0.1, -0.05) is 19.3 Å². The highest BCUT2D eigenvalue weighted by Gasteiger charge is 2.19. The molecular formula is C9H19NO2S. The third kappa shape index (κ3) is 3.27. The van der Waals surface area contributed by atoms with Gasteiger partial charge in [0.25, 0.3) is 0 Å². The molecule has 1 rings (SSSR count). The highest BCUT2D eigenvalue weighted by Crippen LogP contribution is 2.13. The van der Waals surface area contributed by atoms with Gasteiger partial charge in [0.1, 0.15) is 0 Å². The Morgan fingerprint density at radius 3 is 1.92 bits per heavy atom. The van der Waals surface area contributed by atoms with Gasteiger partial charge >= 0.3 is 0 Å². The third-order valence-corrected chi connectivity index (χ3v) is 4.45. The molecule has 1 aliphatic rings. The van der Waals surface area contributed by atoms with Gasteiger partial charge in [-0.3, -0.25) is 0 Å². The summed E-state index contributed by atoms with van der Waals surface area (Å²) in [4.78, 5) is 0. The second kappa shape index (κ2) is 4.96.